The number of ketones is 1. The van der Waals surface area contributed by atoms with E-state index < -0.39 is 5.92 Å². The molecule has 3 rings (SSSR count). The third-order valence-corrected chi connectivity index (χ3v) is 5.19. The van der Waals surface area contributed by atoms with Crippen molar-refractivity contribution in [2.75, 3.05) is 5.75 Å². The largest absolute Gasteiger partial charge is 0.416 e. The number of rotatable bonds is 7. The molecule has 8 heteroatoms. The van der Waals surface area contributed by atoms with Crippen LogP contribution in [0.4, 0.5) is 0 Å². The Kier molecular flexibility index (Phi) is 5.58. The summed E-state index contributed by atoms with van der Waals surface area (Å²) >= 11 is 2.46. The number of thiazole rings is 1. The van der Waals surface area contributed by atoms with Gasteiger partial charge in [-0.3, -0.25) is 4.79 Å². The molecule has 0 amide bonds. The minimum Gasteiger partial charge on any atom is -0.416 e. The molecule has 1 atom stereocenters. The smallest absolute Gasteiger partial charge is 0.277 e. The first-order valence-electron chi connectivity index (χ1n) is 7.49. The zero-order valence-electron chi connectivity index (χ0n) is 13.4. The third-order valence-electron chi connectivity index (χ3n) is 3.32. The molecular formula is C17H14N4O2S2. The fraction of sp³-hybridized carbons (Fsp3) is 0.235. The number of carbonyl (C=O) groups is 1. The van der Waals surface area contributed by atoms with Crippen molar-refractivity contribution in [2.24, 2.45) is 0 Å². The second kappa shape index (κ2) is 8.05. The summed E-state index contributed by atoms with van der Waals surface area (Å²) in [4.78, 5) is 16.5. The van der Waals surface area contributed by atoms with Crippen LogP contribution in [0.25, 0.3) is 0 Å². The second-order valence-corrected chi connectivity index (χ2v) is 7.08. The van der Waals surface area contributed by atoms with Gasteiger partial charge in [0, 0.05) is 11.1 Å². The first kappa shape index (κ1) is 17.3. The van der Waals surface area contributed by atoms with E-state index in [1.807, 2.05) is 48.7 Å². The molecule has 126 valence electrons. The van der Waals surface area contributed by atoms with Gasteiger partial charge in [-0.05, 0) is 12.5 Å². The fourth-order valence-electron chi connectivity index (χ4n) is 2.12. The summed E-state index contributed by atoms with van der Waals surface area (Å²) in [6.45, 7) is 1.83. The van der Waals surface area contributed by atoms with Gasteiger partial charge >= 0.3 is 0 Å². The van der Waals surface area contributed by atoms with Crippen LogP contribution < -0.4 is 0 Å². The minimum atomic E-state index is -0.849. The van der Waals surface area contributed by atoms with E-state index in [2.05, 4.69) is 15.2 Å². The van der Waals surface area contributed by atoms with Gasteiger partial charge in [-0.2, -0.15) is 5.26 Å². The molecular weight excluding hydrogens is 356 g/mol. The molecule has 6 nitrogen and oxygen atoms in total. The van der Waals surface area contributed by atoms with Crippen molar-refractivity contribution >= 4 is 28.9 Å². The quantitative estimate of drug-likeness (QED) is 0.588. The predicted octanol–water partition coefficient (Wildman–Crippen LogP) is 3.39. The van der Waals surface area contributed by atoms with Crippen molar-refractivity contribution in [3.8, 4) is 6.07 Å². The Morgan fingerprint density at radius 1 is 1.36 bits per heavy atom. The number of carbonyl (C=O) groups excluding carboxylic acids is 1. The van der Waals surface area contributed by atoms with Gasteiger partial charge in [-0.25, -0.2) is 4.98 Å². The number of hydrogen-bond acceptors (Lipinski definition) is 8. The van der Waals surface area contributed by atoms with E-state index >= 15 is 0 Å². The van der Waals surface area contributed by atoms with Crippen LogP contribution in [-0.2, 0) is 11.2 Å². The zero-order valence-corrected chi connectivity index (χ0v) is 15.0. The van der Waals surface area contributed by atoms with E-state index in [0.29, 0.717) is 22.5 Å². The summed E-state index contributed by atoms with van der Waals surface area (Å²) in [7, 11) is 0. The molecule has 0 N–H and O–H groups in total. The van der Waals surface area contributed by atoms with Crippen LogP contribution in [0, 0.1) is 18.3 Å². The van der Waals surface area contributed by atoms with Gasteiger partial charge in [0.25, 0.3) is 5.22 Å². The maximum Gasteiger partial charge on any atom is 0.277 e. The number of aromatic nitrogens is 3. The van der Waals surface area contributed by atoms with E-state index in [-0.39, 0.29) is 11.5 Å². The van der Waals surface area contributed by atoms with E-state index in [9.17, 15) is 10.1 Å². The Morgan fingerprint density at radius 2 is 2.16 bits per heavy atom. The Balaban J connectivity index is 1.58. The monoisotopic (exact) mass is 370 g/mol. The lowest BCUT2D eigenvalue weighted by atomic mass is 10.1. The topological polar surface area (TPSA) is 92.7 Å². The van der Waals surface area contributed by atoms with Crippen molar-refractivity contribution in [3.05, 3.63) is 57.9 Å². The van der Waals surface area contributed by atoms with Crippen molar-refractivity contribution in [1.82, 2.24) is 15.2 Å². The second-order valence-electron chi connectivity index (χ2n) is 5.27. The number of benzene rings is 1. The van der Waals surface area contributed by atoms with Crippen LogP contribution in [0.5, 0.6) is 0 Å². The van der Waals surface area contributed by atoms with E-state index in [1.54, 1.807) is 0 Å². The fourth-order valence-corrected chi connectivity index (χ4v) is 3.67. The molecule has 1 unspecified atom stereocenters. The lowest BCUT2D eigenvalue weighted by molar-refractivity contribution is -0.116. The van der Waals surface area contributed by atoms with E-state index in [1.165, 1.54) is 11.3 Å². The molecule has 2 aromatic heterocycles. The van der Waals surface area contributed by atoms with Crippen molar-refractivity contribution < 1.29 is 9.21 Å². The van der Waals surface area contributed by atoms with E-state index in [0.717, 1.165) is 23.0 Å². The van der Waals surface area contributed by atoms with Gasteiger partial charge in [0.15, 0.2) is 11.7 Å². The highest BCUT2D eigenvalue weighted by atomic mass is 32.2. The molecule has 0 radical (unpaired) electrons. The number of nitriles is 1. The van der Waals surface area contributed by atoms with Crippen molar-refractivity contribution in [2.45, 2.75) is 24.5 Å². The van der Waals surface area contributed by atoms with Crippen LogP contribution in [-0.4, -0.2) is 26.7 Å². The predicted molar refractivity (Wildman–Crippen MR) is 94.5 cm³/mol. The van der Waals surface area contributed by atoms with Crippen molar-refractivity contribution in [1.29, 1.82) is 5.26 Å². The molecule has 0 saturated heterocycles. The Bertz CT molecular complexity index is 899. The standard InChI is InChI=1S/C17H14N4O2S2/c1-11-9-24-16(19-11)13(8-18)14(22)10-25-17-21-20-15(23-17)7-12-5-3-2-4-6-12/h2-6,9,13H,7,10H2,1H3. The zero-order chi connectivity index (χ0) is 17.6. The van der Waals surface area contributed by atoms with Crippen LogP contribution in [0.3, 0.4) is 0 Å². The summed E-state index contributed by atoms with van der Waals surface area (Å²) in [5.41, 5.74) is 1.88. The lowest BCUT2D eigenvalue weighted by Gasteiger charge is -2.02. The maximum atomic E-state index is 12.3. The Morgan fingerprint density at radius 3 is 2.84 bits per heavy atom. The van der Waals surface area contributed by atoms with Gasteiger partial charge in [0.1, 0.15) is 5.01 Å². The lowest BCUT2D eigenvalue weighted by Crippen LogP contribution is -2.13. The normalized spacial score (nSPS) is 11.8. The number of hydrogen-bond donors (Lipinski definition) is 0. The number of nitrogens with zero attached hydrogens (tertiary/aromatic N) is 4. The van der Waals surface area contributed by atoms with Gasteiger partial charge in [0.05, 0.1) is 18.2 Å². The van der Waals surface area contributed by atoms with Gasteiger partial charge in [-0.1, -0.05) is 42.1 Å². The first-order chi connectivity index (χ1) is 12.2. The molecule has 25 heavy (non-hydrogen) atoms. The highest BCUT2D eigenvalue weighted by Gasteiger charge is 2.24. The Labute approximate surface area is 152 Å². The summed E-state index contributed by atoms with van der Waals surface area (Å²) in [5.74, 6) is -0.486. The molecule has 3 aromatic rings. The highest BCUT2D eigenvalue weighted by Crippen LogP contribution is 2.24. The first-order valence-corrected chi connectivity index (χ1v) is 9.35. The summed E-state index contributed by atoms with van der Waals surface area (Å²) in [6.07, 6.45) is 0.543. The molecule has 2 heterocycles. The molecule has 0 spiro atoms. The van der Waals surface area contributed by atoms with Gasteiger partial charge < -0.3 is 4.42 Å². The molecule has 0 bridgehead atoms. The molecule has 0 aliphatic heterocycles. The van der Waals surface area contributed by atoms with Crippen LogP contribution in [0.2, 0.25) is 0 Å². The highest BCUT2D eigenvalue weighted by molar-refractivity contribution is 7.99. The summed E-state index contributed by atoms with van der Waals surface area (Å²) < 4.78 is 5.55. The number of Topliss-reactive ketones (excluding diaryl/α,β-unsaturated/α-hetero) is 1. The summed E-state index contributed by atoms with van der Waals surface area (Å²) in [6, 6.07) is 11.8. The van der Waals surface area contributed by atoms with Gasteiger partial charge in [0.2, 0.25) is 5.89 Å². The molecule has 0 saturated carbocycles. The van der Waals surface area contributed by atoms with Gasteiger partial charge in [-0.15, -0.1) is 21.5 Å². The summed E-state index contributed by atoms with van der Waals surface area (Å²) in [5, 5.41) is 19.9. The molecule has 0 fully saturated rings. The Hall–Kier alpha value is -2.50. The molecule has 0 aliphatic carbocycles. The average molecular weight is 370 g/mol. The minimum absolute atomic E-state index is 0.0871. The maximum absolute atomic E-state index is 12.3. The molecule has 1 aromatic carbocycles. The van der Waals surface area contributed by atoms with Crippen LogP contribution >= 0.6 is 23.1 Å². The average Bonchev–Trinajstić information content (AvgIpc) is 3.24. The van der Waals surface area contributed by atoms with E-state index in [4.69, 9.17) is 4.42 Å². The third kappa shape index (κ3) is 4.53. The number of aryl methyl sites for hydroxylation is 1. The van der Waals surface area contributed by atoms with Crippen LogP contribution in [0.15, 0.2) is 45.4 Å². The SMILES string of the molecule is Cc1csc(C(C#N)C(=O)CSc2nnc(Cc3ccccc3)o2)n1. The van der Waals surface area contributed by atoms with Crippen molar-refractivity contribution in [3.63, 3.8) is 0 Å². The van der Waals surface area contributed by atoms with Crippen LogP contribution in [0.1, 0.15) is 28.1 Å². The molecule has 0 aliphatic rings. The number of thioether (sulfide) groups is 1.